The molecule has 14 heteroatoms. The van der Waals surface area contributed by atoms with Crippen LogP contribution in [0, 0.1) is 0 Å². The third-order valence-electron chi connectivity index (χ3n) is 10.2. The number of hydrogen-bond donors (Lipinski definition) is 4. The number of urea groups is 1. The lowest BCUT2D eigenvalue weighted by Crippen LogP contribution is -2.63. The molecule has 5 aromatic rings. The van der Waals surface area contributed by atoms with Crippen molar-refractivity contribution >= 4 is 17.9 Å². The third-order valence-corrected chi connectivity index (χ3v) is 10.2. The molecule has 0 radical (unpaired) electrons. The van der Waals surface area contributed by atoms with Crippen LogP contribution in [0.4, 0.5) is 4.79 Å². The highest BCUT2D eigenvalue weighted by atomic mass is 16.8. The second-order valence-electron chi connectivity index (χ2n) is 16.6. The molecule has 7 atom stereocenters. The molecule has 1 aliphatic heterocycles. The quantitative estimate of drug-likeness (QED) is 0.0451. The van der Waals surface area contributed by atoms with E-state index in [4.69, 9.17) is 33.3 Å². The minimum Gasteiger partial charge on any atom is -0.458 e. The van der Waals surface area contributed by atoms with Gasteiger partial charge in [0.25, 0.3) is 5.91 Å². The van der Waals surface area contributed by atoms with Crippen LogP contribution in [0.3, 0.4) is 0 Å². The Morgan fingerprint density at radius 2 is 1.06 bits per heavy atom. The van der Waals surface area contributed by atoms with E-state index < -0.39 is 72.9 Å². The van der Waals surface area contributed by atoms with E-state index in [0.29, 0.717) is 6.61 Å². The van der Waals surface area contributed by atoms with Gasteiger partial charge in [-0.25, -0.2) is 19.9 Å². The number of aliphatic hydroxyl groups excluding tert-OH is 1. The fourth-order valence-corrected chi connectivity index (χ4v) is 6.96. The van der Waals surface area contributed by atoms with Gasteiger partial charge in [0.2, 0.25) is 6.29 Å². The smallest absolute Gasteiger partial charge is 0.338 e. The fourth-order valence-electron chi connectivity index (χ4n) is 6.96. The first-order valence-corrected chi connectivity index (χ1v) is 21.7. The van der Waals surface area contributed by atoms with E-state index in [9.17, 15) is 19.5 Å². The van der Waals surface area contributed by atoms with Crippen molar-refractivity contribution in [1.82, 2.24) is 16.1 Å². The number of aliphatic hydroxyl groups is 1. The summed E-state index contributed by atoms with van der Waals surface area (Å²) in [5.74, 6) is -1.55. The monoisotopic (exact) mass is 889 g/mol. The van der Waals surface area contributed by atoms with E-state index in [1.54, 1.807) is 20.8 Å². The van der Waals surface area contributed by atoms with E-state index in [0.717, 1.165) is 27.8 Å². The van der Waals surface area contributed by atoms with Gasteiger partial charge in [-0.2, -0.15) is 0 Å². The summed E-state index contributed by atoms with van der Waals surface area (Å²) in [6, 6.07) is 45.8. The lowest BCUT2D eigenvalue weighted by atomic mass is 9.98. The van der Waals surface area contributed by atoms with Crippen molar-refractivity contribution in [2.45, 2.75) is 102 Å². The summed E-state index contributed by atoms with van der Waals surface area (Å²) in [6.45, 7) is 5.56. The molecule has 0 unspecified atom stereocenters. The van der Waals surface area contributed by atoms with Crippen LogP contribution in [-0.2, 0) is 75.7 Å². The normalized spacial score (nSPS) is 19.4. The Morgan fingerprint density at radius 3 is 1.55 bits per heavy atom. The number of esters is 1. The average Bonchev–Trinajstić information content (AvgIpc) is 3.31. The van der Waals surface area contributed by atoms with E-state index in [-0.39, 0.29) is 32.8 Å². The van der Waals surface area contributed by atoms with E-state index in [1.165, 1.54) is 0 Å². The largest absolute Gasteiger partial charge is 0.458 e. The maximum Gasteiger partial charge on any atom is 0.338 e. The molecule has 0 aromatic heterocycles. The Kier molecular flexibility index (Phi) is 18.6. The summed E-state index contributed by atoms with van der Waals surface area (Å²) in [5, 5.41) is 15.9. The summed E-state index contributed by atoms with van der Waals surface area (Å²) in [5.41, 5.74) is 5.99. The molecule has 1 aliphatic rings. The zero-order valence-corrected chi connectivity index (χ0v) is 37.0. The first kappa shape index (κ1) is 48.5. The number of carbonyl (C=O) groups is 3. The molecule has 6 rings (SSSR count). The van der Waals surface area contributed by atoms with Crippen LogP contribution in [0.1, 0.15) is 48.6 Å². The van der Waals surface area contributed by atoms with Crippen LogP contribution in [0.15, 0.2) is 152 Å². The van der Waals surface area contributed by atoms with Gasteiger partial charge < -0.3 is 44.2 Å². The topological polar surface area (TPSA) is 172 Å². The Bertz CT molecular complexity index is 2160. The van der Waals surface area contributed by atoms with Gasteiger partial charge in [0.1, 0.15) is 42.2 Å². The van der Waals surface area contributed by atoms with Crippen molar-refractivity contribution in [3.05, 3.63) is 179 Å². The zero-order valence-electron chi connectivity index (χ0n) is 37.0. The van der Waals surface area contributed by atoms with Gasteiger partial charge in [0.05, 0.1) is 39.6 Å². The maximum atomic E-state index is 13.3. The number of carbonyl (C=O) groups excluding carboxylic acids is 3. The number of rotatable bonds is 22. The summed E-state index contributed by atoms with van der Waals surface area (Å²) in [7, 11) is 0. The van der Waals surface area contributed by atoms with Gasteiger partial charge in [0, 0.05) is 6.42 Å². The molecule has 1 saturated heterocycles. The molecule has 0 aliphatic carbocycles. The van der Waals surface area contributed by atoms with Gasteiger partial charge >= 0.3 is 12.0 Å². The van der Waals surface area contributed by atoms with Crippen LogP contribution in [0.2, 0.25) is 0 Å². The van der Waals surface area contributed by atoms with Gasteiger partial charge in [-0.15, -0.1) is 0 Å². The number of ether oxygens (including phenoxy) is 6. The maximum absolute atomic E-state index is 13.3. The zero-order chi connectivity index (χ0) is 45.9. The van der Waals surface area contributed by atoms with Crippen LogP contribution in [-0.4, -0.2) is 84.6 Å². The first-order chi connectivity index (χ1) is 31.5. The number of hydrogen-bond acceptors (Lipinski definition) is 11. The van der Waals surface area contributed by atoms with Gasteiger partial charge in [-0.05, 0) is 48.6 Å². The van der Waals surface area contributed by atoms with Gasteiger partial charge in [-0.3, -0.25) is 4.79 Å². The molecule has 14 nitrogen and oxygen atoms in total. The Balaban J connectivity index is 1.18. The van der Waals surface area contributed by atoms with Gasteiger partial charge in [0.15, 0.2) is 0 Å². The van der Waals surface area contributed by atoms with E-state index >= 15 is 0 Å². The third kappa shape index (κ3) is 16.2. The predicted molar refractivity (Wildman–Crippen MR) is 241 cm³/mol. The highest BCUT2D eigenvalue weighted by Gasteiger charge is 2.49. The van der Waals surface area contributed by atoms with Crippen LogP contribution < -0.4 is 16.1 Å². The van der Waals surface area contributed by atoms with Gasteiger partial charge in [-0.1, -0.05) is 152 Å². The van der Waals surface area contributed by atoms with Crippen molar-refractivity contribution in [3.8, 4) is 0 Å². The molecule has 1 heterocycles. The minimum absolute atomic E-state index is 0.0624. The average molecular weight is 890 g/mol. The van der Waals surface area contributed by atoms with Crippen molar-refractivity contribution in [2.24, 2.45) is 0 Å². The molecule has 344 valence electrons. The molecule has 1 fully saturated rings. The van der Waals surface area contributed by atoms with E-state index in [2.05, 4.69) is 16.1 Å². The summed E-state index contributed by atoms with van der Waals surface area (Å²) >= 11 is 0. The molecule has 5 aromatic carbocycles. The lowest BCUT2D eigenvalue weighted by Gasteiger charge is -2.45. The van der Waals surface area contributed by atoms with E-state index in [1.807, 2.05) is 152 Å². The van der Waals surface area contributed by atoms with Crippen molar-refractivity contribution < 1.29 is 52.7 Å². The Hall–Kier alpha value is -5.97. The number of hydroxylamine groups is 1. The molecule has 65 heavy (non-hydrogen) atoms. The summed E-state index contributed by atoms with van der Waals surface area (Å²) in [6.07, 6.45) is -6.21. The highest BCUT2D eigenvalue weighted by Crippen LogP contribution is 2.31. The number of nitrogens with one attached hydrogen (secondary N) is 3. The first-order valence-electron chi connectivity index (χ1n) is 21.7. The lowest BCUT2D eigenvalue weighted by molar-refractivity contribution is -0.336. The molecule has 0 bridgehead atoms. The molecule has 0 saturated carbocycles. The molecular weight excluding hydrogens is 831 g/mol. The van der Waals surface area contributed by atoms with Crippen LogP contribution in [0.5, 0.6) is 0 Å². The highest BCUT2D eigenvalue weighted by molar-refractivity contribution is 5.87. The van der Waals surface area contributed by atoms with Crippen LogP contribution in [0.25, 0.3) is 0 Å². The molecule has 3 amide bonds. The Morgan fingerprint density at radius 1 is 0.615 bits per heavy atom. The molecule has 4 N–H and O–H groups in total. The van der Waals surface area contributed by atoms with Crippen molar-refractivity contribution in [3.63, 3.8) is 0 Å². The van der Waals surface area contributed by atoms with Crippen molar-refractivity contribution in [2.75, 3.05) is 13.2 Å². The SMILES string of the molecule is CC(C)(C)OC(=O)[C@H](Cc1ccccc1)NC(=O)[C@@H](O)CNC(=O)NO[C@@H]1O[C@H](COCc2ccccc2)[C@@H](OCc2ccccc2)[C@H](OCc2ccccc2)[C@@H]1OCc1ccccc1. The van der Waals surface area contributed by atoms with Crippen LogP contribution >= 0.6 is 0 Å². The minimum atomic E-state index is -1.74. The fraction of sp³-hybridized carbons (Fsp3) is 0.353. The second kappa shape index (κ2) is 24.9. The standard InChI is InChI=1S/C51H59N3O11/c1-51(2,3)64-48(57)41(29-36-19-9-4-10-20-36)53-47(56)42(55)30-52-50(58)54-65-49-46(62-34-40-27-17-8-18-28-40)45(61-33-39-25-15-7-16-26-39)44(60-32-38-23-13-6-14-24-38)43(63-49)35-59-31-37-21-11-5-12-22-37/h4-28,41-46,49,55H,29-35H2,1-3H3,(H,53,56)(H2,52,54,58)/t41-,42-,43+,44+,45-,46-,49-/m0/s1. The number of benzene rings is 5. The molecule has 0 spiro atoms. The Labute approximate surface area is 380 Å². The number of amides is 3. The predicted octanol–water partition coefficient (Wildman–Crippen LogP) is 6.35. The molecular formula is C51H59N3O11. The summed E-state index contributed by atoms with van der Waals surface area (Å²) in [4.78, 5) is 45.6. The second-order valence-corrected chi connectivity index (χ2v) is 16.6. The summed E-state index contributed by atoms with van der Waals surface area (Å²) < 4.78 is 38.3. The van der Waals surface area contributed by atoms with Crippen molar-refractivity contribution in [1.29, 1.82) is 0 Å².